The van der Waals surface area contributed by atoms with Crippen molar-refractivity contribution in [3.05, 3.63) is 59.2 Å². The van der Waals surface area contributed by atoms with E-state index in [1.54, 1.807) is 25.5 Å². The van der Waals surface area contributed by atoms with Gasteiger partial charge in [0.15, 0.2) is 0 Å². The number of morpholine rings is 1. The van der Waals surface area contributed by atoms with E-state index in [9.17, 15) is 9.59 Å². The summed E-state index contributed by atoms with van der Waals surface area (Å²) < 4.78 is 21.2. The number of hydrogen-bond acceptors (Lipinski definition) is 8. The van der Waals surface area contributed by atoms with Crippen molar-refractivity contribution in [1.82, 2.24) is 5.01 Å². The fraction of sp³-hybridized carbons (Fsp3) is 0.423. The van der Waals surface area contributed by atoms with E-state index in [1.165, 1.54) is 0 Å². The summed E-state index contributed by atoms with van der Waals surface area (Å²) in [6.07, 6.45) is 2.75. The lowest BCUT2D eigenvalue weighted by molar-refractivity contribution is -0.146. The molecule has 4 rings (SSSR count). The number of esters is 1. The average Bonchev–Trinajstić information content (AvgIpc) is 2.88. The van der Waals surface area contributed by atoms with Crippen LogP contribution in [-0.2, 0) is 25.4 Å². The van der Waals surface area contributed by atoms with Crippen LogP contribution < -0.4 is 10.1 Å². The van der Waals surface area contributed by atoms with Gasteiger partial charge in [0.2, 0.25) is 0 Å². The number of benzene rings is 2. The molecule has 2 aliphatic rings. The number of rotatable bonds is 9. The molecule has 0 spiro atoms. The first-order valence-corrected chi connectivity index (χ1v) is 11.8. The molecule has 1 N–H and O–H groups in total. The van der Waals surface area contributed by atoms with Gasteiger partial charge in [0.25, 0.3) is 5.91 Å². The van der Waals surface area contributed by atoms with Gasteiger partial charge in [-0.1, -0.05) is 12.1 Å². The van der Waals surface area contributed by atoms with Crippen molar-refractivity contribution in [2.24, 2.45) is 11.0 Å². The first kappa shape index (κ1) is 27.4. The van der Waals surface area contributed by atoms with E-state index in [0.29, 0.717) is 44.1 Å². The minimum absolute atomic E-state index is 0. The number of nitrogens with zero attached hydrogens (tertiary/aromatic N) is 2. The molecule has 1 saturated heterocycles. The summed E-state index contributed by atoms with van der Waals surface area (Å²) >= 11 is 0. The fourth-order valence-corrected chi connectivity index (χ4v) is 3.94. The zero-order valence-electron chi connectivity index (χ0n) is 20.3. The Labute approximate surface area is 217 Å². The van der Waals surface area contributed by atoms with Gasteiger partial charge in [-0.25, -0.2) is 0 Å². The third-order valence-corrected chi connectivity index (χ3v) is 5.84. The number of hydrazone groups is 1. The summed E-state index contributed by atoms with van der Waals surface area (Å²) in [6, 6.07) is 12.9. The zero-order chi connectivity index (χ0) is 24.5. The maximum atomic E-state index is 12.8. The summed E-state index contributed by atoms with van der Waals surface area (Å²) in [4.78, 5) is 24.8. The lowest BCUT2D eigenvalue weighted by Gasteiger charge is -2.25. The first-order chi connectivity index (χ1) is 17.1. The Morgan fingerprint density at radius 1 is 1.14 bits per heavy atom. The van der Waals surface area contributed by atoms with Crippen LogP contribution in [0.5, 0.6) is 5.75 Å². The van der Waals surface area contributed by atoms with E-state index in [2.05, 4.69) is 10.4 Å². The first-order valence-electron chi connectivity index (χ1n) is 11.8. The van der Waals surface area contributed by atoms with Crippen LogP contribution in [0.1, 0.15) is 27.9 Å². The topological polar surface area (TPSA) is 98.7 Å². The predicted octanol–water partition coefficient (Wildman–Crippen LogP) is 3.16. The Morgan fingerprint density at radius 2 is 1.92 bits per heavy atom. The molecule has 0 saturated carbocycles. The van der Waals surface area contributed by atoms with E-state index in [0.717, 1.165) is 30.0 Å². The second-order valence-corrected chi connectivity index (χ2v) is 8.51. The number of halogens is 1. The minimum Gasteiger partial charge on any atom is -0.493 e. The third kappa shape index (κ3) is 7.94. The number of ether oxygens (including phenoxy) is 4. The smallest absolute Gasteiger partial charge is 0.306 e. The number of hydrogen-bond donors (Lipinski definition) is 1. The summed E-state index contributed by atoms with van der Waals surface area (Å²) in [5.41, 5.74) is 3.11. The molecule has 10 heteroatoms. The highest BCUT2D eigenvalue weighted by Gasteiger charge is 2.23. The van der Waals surface area contributed by atoms with Crippen LogP contribution in [0.4, 0.5) is 5.69 Å². The maximum absolute atomic E-state index is 12.8. The molecule has 1 unspecified atom stereocenters. The Hall–Kier alpha value is -3.14. The van der Waals surface area contributed by atoms with Gasteiger partial charge >= 0.3 is 5.97 Å². The number of methoxy groups -OCH3 is 1. The van der Waals surface area contributed by atoms with Gasteiger partial charge in [-0.2, -0.15) is 5.10 Å². The van der Waals surface area contributed by atoms with Gasteiger partial charge < -0.3 is 24.3 Å². The van der Waals surface area contributed by atoms with Crippen molar-refractivity contribution in [2.75, 3.05) is 58.6 Å². The lowest BCUT2D eigenvalue weighted by atomic mass is 9.93. The highest BCUT2D eigenvalue weighted by molar-refractivity contribution is 6.04. The molecule has 2 aromatic rings. The van der Waals surface area contributed by atoms with Gasteiger partial charge in [0.1, 0.15) is 12.4 Å². The second kappa shape index (κ2) is 13.8. The Balaban J connectivity index is 0.00000361. The summed E-state index contributed by atoms with van der Waals surface area (Å²) in [6.45, 7) is 4.02. The number of fused-ring (bicyclic) bond motifs is 1. The molecule has 0 aliphatic carbocycles. The van der Waals surface area contributed by atoms with Crippen LogP contribution in [0.3, 0.4) is 0 Å². The van der Waals surface area contributed by atoms with E-state index in [-0.39, 0.29) is 43.2 Å². The van der Waals surface area contributed by atoms with Gasteiger partial charge in [-0.05, 0) is 47.9 Å². The van der Waals surface area contributed by atoms with Gasteiger partial charge in [0.05, 0.1) is 52.2 Å². The number of nitrogens with one attached hydrogen (secondary N) is 1. The molecule has 1 fully saturated rings. The fourth-order valence-electron chi connectivity index (χ4n) is 3.94. The highest BCUT2D eigenvalue weighted by atomic mass is 35.5. The molecule has 194 valence electrons. The zero-order valence-corrected chi connectivity index (χ0v) is 21.1. The number of anilines is 1. The largest absolute Gasteiger partial charge is 0.493 e. The van der Waals surface area contributed by atoms with Crippen LogP contribution in [-0.4, -0.2) is 76.3 Å². The molecule has 0 bridgehead atoms. The van der Waals surface area contributed by atoms with Crippen LogP contribution >= 0.6 is 12.4 Å². The molecule has 2 aliphatic heterocycles. The lowest BCUT2D eigenvalue weighted by Crippen LogP contribution is -2.32. The SMILES string of the molecule is COCCOC(=O)CC1COc2ccc(NC(=O)c3ccc(/C=N/N4CCOCC4)cc3)cc2C1.Cl. The summed E-state index contributed by atoms with van der Waals surface area (Å²) in [5.74, 6) is 0.338. The molecule has 0 aromatic heterocycles. The monoisotopic (exact) mass is 517 g/mol. The molecule has 2 heterocycles. The number of amides is 1. The standard InChI is InChI=1S/C26H31N3O6.ClH/c1-32-12-13-34-25(30)15-20-14-22-16-23(6-7-24(22)35-18-20)28-26(31)21-4-2-19(3-5-21)17-27-29-8-10-33-11-9-29;/h2-7,16-17,20H,8-15,18H2,1H3,(H,28,31);1H/b27-17+;. The Morgan fingerprint density at radius 3 is 2.67 bits per heavy atom. The van der Waals surface area contributed by atoms with Crippen molar-refractivity contribution in [1.29, 1.82) is 0 Å². The van der Waals surface area contributed by atoms with Crippen LogP contribution in [0.2, 0.25) is 0 Å². The molecule has 2 aromatic carbocycles. The van der Waals surface area contributed by atoms with E-state index < -0.39 is 0 Å². The molecule has 0 radical (unpaired) electrons. The summed E-state index contributed by atoms with van der Waals surface area (Å²) in [5, 5.41) is 9.38. The van der Waals surface area contributed by atoms with Gasteiger partial charge in [0, 0.05) is 24.3 Å². The summed E-state index contributed by atoms with van der Waals surface area (Å²) in [7, 11) is 1.56. The van der Waals surface area contributed by atoms with E-state index >= 15 is 0 Å². The van der Waals surface area contributed by atoms with Crippen molar-refractivity contribution >= 4 is 36.2 Å². The minimum atomic E-state index is -0.262. The molecule has 1 amide bonds. The van der Waals surface area contributed by atoms with Gasteiger partial charge in [-0.15, -0.1) is 12.4 Å². The van der Waals surface area contributed by atoms with Crippen molar-refractivity contribution in [2.45, 2.75) is 12.8 Å². The molecule has 9 nitrogen and oxygen atoms in total. The molecular formula is C26H32ClN3O6. The average molecular weight is 518 g/mol. The predicted molar refractivity (Wildman–Crippen MR) is 138 cm³/mol. The second-order valence-electron chi connectivity index (χ2n) is 8.51. The molecule has 1 atom stereocenters. The van der Waals surface area contributed by atoms with Crippen molar-refractivity contribution < 1.29 is 28.5 Å². The number of carbonyl (C=O) groups excluding carboxylic acids is 2. The van der Waals surface area contributed by atoms with E-state index in [4.69, 9.17) is 18.9 Å². The maximum Gasteiger partial charge on any atom is 0.306 e. The van der Waals surface area contributed by atoms with E-state index in [1.807, 2.05) is 35.3 Å². The third-order valence-electron chi connectivity index (χ3n) is 5.84. The molecular weight excluding hydrogens is 486 g/mol. The number of carbonyl (C=O) groups is 2. The quantitative estimate of drug-likeness (QED) is 0.310. The van der Waals surface area contributed by atoms with Crippen molar-refractivity contribution in [3.8, 4) is 5.75 Å². The Kier molecular flexibility index (Phi) is 10.5. The van der Waals surface area contributed by atoms with Gasteiger partial charge in [-0.3, -0.25) is 14.6 Å². The van der Waals surface area contributed by atoms with Crippen molar-refractivity contribution in [3.63, 3.8) is 0 Å². The van der Waals surface area contributed by atoms with Crippen LogP contribution in [0.15, 0.2) is 47.6 Å². The van der Waals surface area contributed by atoms with Crippen LogP contribution in [0, 0.1) is 5.92 Å². The normalized spacial score (nSPS) is 17.0. The highest BCUT2D eigenvalue weighted by Crippen LogP contribution is 2.31. The Bertz CT molecular complexity index is 1040. The molecule has 36 heavy (non-hydrogen) atoms. The van der Waals surface area contributed by atoms with Crippen LogP contribution in [0.25, 0.3) is 0 Å².